The molecule has 0 aromatic heterocycles. The van der Waals surface area contributed by atoms with Crippen LogP contribution in [0, 0.1) is 5.92 Å². The summed E-state index contributed by atoms with van der Waals surface area (Å²) in [5, 5.41) is 5.75. The van der Waals surface area contributed by atoms with Gasteiger partial charge in [0.2, 0.25) is 5.91 Å². The fourth-order valence-electron chi connectivity index (χ4n) is 3.74. The molecule has 1 aromatic rings. The van der Waals surface area contributed by atoms with Gasteiger partial charge in [-0.2, -0.15) is 0 Å². The number of amides is 3. The molecule has 1 fully saturated rings. The van der Waals surface area contributed by atoms with Crippen molar-refractivity contribution in [3.8, 4) is 0 Å². The fourth-order valence-corrected chi connectivity index (χ4v) is 3.86. The highest BCUT2D eigenvalue weighted by Gasteiger charge is 2.38. The van der Waals surface area contributed by atoms with Crippen LogP contribution in [0.5, 0.6) is 0 Å². The van der Waals surface area contributed by atoms with Gasteiger partial charge in [-0.3, -0.25) is 9.59 Å². The summed E-state index contributed by atoms with van der Waals surface area (Å²) in [4.78, 5) is 51.3. The van der Waals surface area contributed by atoms with Crippen molar-refractivity contribution < 1.29 is 28.7 Å². The second kappa shape index (κ2) is 10.0. The number of hydrogen-bond acceptors (Lipinski definition) is 6. The van der Waals surface area contributed by atoms with Crippen molar-refractivity contribution in [2.45, 2.75) is 39.3 Å². The Bertz CT molecular complexity index is 943. The summed E-state index contributed by atoms with van der Waals surface area (Å²) in [6.45, 7) is 5.50. The Morgan fingerprint density at radius 3 is 2.47 bits per heavy atom. The van der Waals surface area contributed by atoms with Gasteiger partial charge >= 0.3 is 18.0 Å². The molecule has 0 aliphatic carbocycles. The van der Waals surface area contributed by atoms with Gasteiger partial charge < -0.3 is 25.0 Å². The van der Waals surface area contributed by atoms with Crippen molar-refractivity contribution in [2.75, 3.05) is 19.8 Å². The highest BCUT2D eigenvalue weighted by atomic mass is 35.5. The Labute approximate surface area is 191 Å². The predicted octanol–water partition coefficient (Wildman–Crippen LogP) is 2.31. The number of carbonyl (C=O) groups is 4. The Morgan fingerprint density at radius 2 is 1.88 bits per heavy atom. The minimum Gasteiger partial charge on any atom is -0.463 e. The topological polar surface area (TPSA) is 114 Å². The quantitative estimate of drug-likeness (QED) is 0.600. The maximum atomic E-state index is 12.7. The molecule has 32 heavy (non-hydrogen) atoms. The number of halogens is 1. The van der Waals surface area contributed by atoms with E-state index >= 15 is 0 Å². The van der Waals surface area contributed by atoms with Gasteiger partial charge in [-0.25, -0.2) is 9.59 Å². The standard InChI is InChI=1S/C22H26ClN3O6/c1-4-31-21(29)18-16(11-32-20(28)14-9-17(27)26(10-14)12(2)3)24-22(30)25-19(18)13-5-7-15(23)8-6-13/h5-8,12,14,19H,4,9-11H2,1-3H3,(H2,24,25,30). The molecule has 2 atom stereocenters. The molecule has 172 valence electrons. The second-order valence-electron chi connectivity index (χ2n) is 7.84. The zero-order chi connectivity index (χ0) is 23.4. The van der Waals surface area contributed by atoms with Gasteiger partial charge in [0.15, 0.2) is 0 Å². The molecule has 0 spiro atoms. The zero-order valence-electron chi connectivity index (χ0n) is 18.1. The maximum absolute atomic E-state index is 12.7. The number of esters is 2. The minimum absolute atomic E-state index is 0.0118. The molecule has 0 saturated carbocycles. The first-order valence-electron chi connectivity index (χ1n) is 10.4. The van der Waals surface area contributed by atoms with E-state index in [1.54, 1.807) is 36.1 Å². The summed E-state index contributed by atoms with van der Waals surface area (Å²) in [6.07, 6.45) is 0.0715. The van der Waals surface area contributed by atoms with Gasteiger partial charge in [-0.1, -0.05) is 23.7 Å². The van der Waals surface area contributed by atoms with Crippen LogP contribution >= 0.6 is 11.6 Å². The third kappa shape index (κ3) is 5.21. The van der Waals surface area contributed by atoms with Crippen molar-refractivity contribution in [1.29, 1.82) is 0 Å². The van der Waals surface area contributed by atoms with Crippen LogP contribution in [0.25, 0.3) is 0 Å². The fraction of sp³-hybridized carbons (Fsp3) is 0.455. The van der Waals surface area contributed by atoms with E-state index in [1.807, 2.05) is 13.8 Å². The number of likely N-dealkylation sites (tertiary alicyclic amines) is 1. The normalized spacial score (nSPS) is 20.8. The van der Waals surface area contributed by atoms with E-state index in [-0.39, 0.29) is 49.4 Å². The Balaban J connectivity index is 1.83. The predicted molar refractivity (Wildman–Crippen MR) is 115 cm³/mol. The SMILES string of the molecule is CCOC(=O)C1=C(COC(=O)C2CC(=O)N(C(C)C)C2)NC(=O)NC1c1ccc(Cl)cc1. The van der Waals surface area contributed by atoms with Gasteiger partial charge in [0.25, 0.3) is 0 Å². The van der Waals surface area contributed by atoms with Crippen LogP contribution in [0.4, 0.5) is 4.79 Å². The van der Waals surface area contributed by atoms with Crippen LogP contribution in [0.15, 0.2) is 35.5 Å². The number of benzene rings is 1. The van der Waals surface area contributed by atoms with Crippen LogP contribution in [-0.2, 0) is 23.9 Å². The molecule has 9 nitrogen and oxygen atoms in total. The summed E-state index contributed by atoms with van der Waals surface area (Å²) in [5.74, 6) is -1.91. The average molecular weight is 464 g/mol. The molecule has 3 rings (SSSR count). The molecule has 0 bridgehead atoms. The highest BCUT2D eigenvalue weighted by molar-refractivity contribution is 6.30. The largest absolute Gasteiger partial charge is 0.463 e. The lowest BCUT2D eigenvalue weighted by molar-refractivity contribution is -0.148. The molecule has 10 heteroatoms. The first-order chi connectivity index (χ1) is 15.2. The van der Waals surface area contributed by atoms with Crippen LogP contribution in [0.2, 0.25) is 5.02 Å². The van der Waals surface area contributed by atoms with E-state index < -0.39 is 29.9 Å². The van der Waals surface area contributed by atoms with Crippen LogP contribution in [0.1, 0.15) is 38.8 Å². The molecule has 0 radical (unpaired) electrons. The lowest BCUT2D eigenvalue weighted by atomic mass is 9.95. The molecule has 2 unspecified atom stereocenters. The Morgan fingerprint density at radius 1 is 1.19 bits per heavy atom. The monoisotopic (exact) mass is 463 g/mol. The highest BCUT2D eigenvalue weighted by Crippen LogP contribution is 2.29. The summed E-state index contributed by atoms with van der Waals surface area (Å²) in [5.41, 5.74) is 0.878. The number of nitrogens with zero attached hydrogens (tertiary/aromatic N) is 1. The molecule has 2 aliphatic rings. The van der Waals surface area contributed by atoms with Gasteiger partial charge in [0.1, 0.15) is 6.61 Å². The number of hydrogen-bond donors (Lipinski definition) is 2. The number of nitrogens with one attached hydrogen (secondary N) is 2. The number of rotatable bonds is 7. The minimum atomic E-state index is -0.807. The van der Waals surface area contributed by atoms with E-state index in [0.717, 1.165) is 0 Å². The third-order valence-corrected chi connectivity index (χ3v) is 5.58. The molecule has 2 heterocycles. The van der Waals surface area contributed by atoms with Gasteiger partial charge in [0, 0.05) is 24.0 Å². The van der Waals surface area contributed by atoms with Crippen LogP contribution < -0.4 is 10.6 Å². The third-order valence-electron chi connectivity index (χ3n) is 5.33. The zero-order valence-corrected chi connectivity index (χ0v) is 18.9. The maximum Gasteiger partial charge on any atom is 0.338 e. The Kier molecular flexibility index (Phi) is 7.40. The first kappa shape index (κ1) is 23.6. The summed E-state index contributed by atoms with van der Waals surface area (Å²) >= 11 is 5.96. The van der Waals surface area contributed by atoms with Crippen LogP contribution in [0.3, 0.4) is 0 Å². The van der Waals surface area contributed by atoms with Gasteiger partial charge in [0.05, 0.1) is 29.8 Å². The Hall–Kier alpha value is -3.07. The molecule has 1 aromatic carbocycles. The molecular weight excluding hydrogens is 438 g/mol. The number of carbonyl (C=O) groups excluding carboxylic acids is 4. The van der Waals surface area contributed by atoms with E-state index in [4.69, 9.17) is 21.1 Å². The molecule has 2 N–H and O–H groups in total. The summed E-state index contributed by atoms with van der Waals surface area (Å²) < 4.78 is 10.6. The van der Waals surface area contributed by atoms with Gasteiger partial charge in [-0.05, 0) is 38.5 Å². The smallest absolute Gasteiger partial charge is 0.338 e. The summed E-state index contributed by atoms with van der Waals surface area (Å²) in [6, 6.07) is 5.29. The van der Waals surface area contributed by atoms with E-state index in [0.29, 0.717) is 10.6 Å². The molecular formula is C22H26ClN3O6. The van der Waals surface area contributed by atoms with E-state index in [1.165, 1.54) is 0 Å². The molecule has 2 aliphatic heterocycles. The van der Waals surface area contributed by atoms with Crippen molar-refractivity contribution in [3.05, 3.63) is 46.1 Å². The average Bonchev–Trinajstić information content (AvgIpc) is 3.14. The van der Waals surface area contributed by atoms with Crippen LogP contribution in [-0.4, -0.2) is 54.6 Å². The lowest BCUT2D eigenvalue weighted by Crippen LogP contribution is -2.47. The molecule has 1 saturated heterocycles. The van der Waals surface area contributed by atoms with E-state index in [9.17, 15) is 19.2 Å². The van der Waals surface area contributed by atoms with Crippen molar-refractivity contribution in [2.24, 2.45) is 5.92 Å². The number of urea groups is 1. The molecule has 3 amide bonds. The van der Waals surface area contributed by atoms with Gasteiger partial charge in [-0.15, -0.1) is 0 Å². The second-order valence-corrected chi connectivity index (χ2v) is 8.28. The van der Waals surface area contributed by atoms with E-state index in [2.05, 4.69) is 10.6 Å². The lowest BCUT2D eigenvalue weighted by Gasteiger charge is -2.29. The van der Waals surface area contributed by atoms with Crippen molar-refractivity contribution >= 4 is 35.5 Å². The summed E-state index contributed by atoms with van der Waals surface area (Å²) in [7, 11) is 0. The van der Waals surface area contributed by atoms with Crippen molar-refractivity contribution in [3.63, 3.8) is 0 Å². The van der Waals surface area contributed by atoms with Crippen molar-refractivity contribution in [1.82, 2.24) is 15.5 Å². The number of ether oxygens (including phenoxy) is 2. The first-order valence-corrected chi connectivity index (χ1v) is 10.8.